The first-order chi connectivity index (χ1) is 8.57. The molecule has 3 nitrogen and oxygen atoms in total. The Labute approximate surface area is 115 Å². The summed E-state index contributed by atoms with van der Waals surface area (Å²) in [7, 11) is 2.18. The molecule has 0 radical (unpaired) electrons. The minimum absolute atomic E-state index is 0.132. The van der Waals surface area contributed by atoms with Crippen LogP contribution in [0.4, 0.5) is 0 Å². The second kappa shape index (κ2) is 7.22. The second-order valence-corrected chi connectivity index (χ2v) is 6.16. The SMILES string of the molecule is CCCCC(CC)(CN)N(C)Cc1csc(C)n1. The van der Waals surface area contributed by atoms with Crippen molar-refractivity contribution in [1.29, 1.82) is 0 Å². The average Bonchev–Trinajstić information content (AvgIpc) is 2.77. The van der Waals surface area contributed by atoms with Gasteiger partial charge in [0, 0.05) is 24.0 Å². The van der Waals surface area contributed by atoms with Crippen LogP contribution in [0.3, 0.4) is 0 Å². The molecule has 18 heavy (non-hydrogen) atoms. The number of nitrogens with two attached hydrogens (primary N) is 1. The fraction of sp³-hybridized carbons (Fsp3) is 0.786. The number of unbranched alkanes of at least 4 members (excludes halogenated alkanes) is 1. The van der Waals surface area contributed by atoms with E-state index in [-0.39, 0.29) is 5.54 Å². The number of likely N-dealkylation sites (N-methyl/N-ethyl adjacent to an activating group) is 1. The lowest BCUT2D eigenvalue weighted by molar-refractivity contribution is 0.0987. The highest BCUT2D eigenvalue weighted by molar-refractivity contribution is 7.09. The molecule has 0 amide bonds. The van der Waals surface area contributed by atoms with Crippen molar-refractivity contribution >= 4 is 11.3 Å². The first-order valence-corrected chi connectivity index (χ1v) is 7.78. The molecule has 0 fully saturated rings. The molecule has 2 N–H and O–H groups in total. The van der Waals surface area contributed by atoms with Crippen LogP contribution in [0, 0.1) is 6.92 Å². The third kappa shape index (κ3) is 3.77. The topological polar surface area (TPSA) is 42.1 Å². The third-order valence-electron chi connectivity index (χ3n) is 3.91. The van der Waals surface area contributed by atoms with E-state index < -0.39 is 0 Å². The summed E-state index contributed by atoms with van der Waals surface area (Å²) in [5, 5.41) is 3.30. The fourth-order valence-corrected chi connectivity index (χ4v) is 3.04. The Morgan fingerprint density at radius 2 is 2.17 bits per heavy atom. The molecule has 0 spiro atoms. The maximum absolute atomic E-state index is 6.06. The van der Waals surface area contributed by atoms with Crippen LogP contribution >= 0.6 is 11.3 Å². The minimum atomic E-state index is 0.132. The largest absolute Gasteiger partial charge is 0.329 e. The molecule has 1 aromatic rings. The van der Waals surface area contributed by atoms with Crippen molar-refractivity contribution in [3.63, 3.8) is 0 Å². The van der Waals surface area contributed by atoms with Crippen LogP contribution in [0.2, 0.25) is 0 Å². The molecule has 4 heteroatoms. The van der Waals surface area contributed by atoms with Crippen LogP contribution in [-0.4, -0.2) is 29.0 Å². The Hall–Kier alpha value is -0.450. The fourth-order valence-electron chi connectivity index (χ4n) is 2.44. The predicted molar refractivity (Wildman–Crippen MR) is 79.9 cm³/mol. The van der Waals surface area contributed by atoms with Gasteiger partial charge in [-0.3, -0.25) is 4.90 Å². The van der Waals surface area contributed by atoms with Gasteiger partial charge in [-0.2, -0.15) is 0 Å². The minimum Gasteiger partial charge on any atom is -0.329 e. The Balaban J connectivity index is 2.72. The first kappa shape index (κ1) is 15.6. The van der Waals surface area contributed by atoms with E-state index in [1.807, 2.05) is 0 Å². The van der Waals surface area contributed by atoms with Gasteiger partial charge >= 0.3 is 0 Å². The Bertz CT molecular complexity index is 345. The van der Waals surface area contributed by atoms with Crippen molar-refractivity contribution in [1.82, 2.24) is 9.88 Å². The Morgan fingerprint density at radius 3 is 2.61 bits per heavy atom. The van der Waals surface area contributed by atoms with E-state index in [1.54, 1.807) is 11.3 Å². The standard InChI is InChI=1S/C14H27N3S/c1-5-7-8-14(6-2,11-15)17(4)9-13-10-18-12(3)16-13/h10H,5-9,11,15H2,1-4H3. The number of rotatable bonds is 8. The van der Waals surface area contributed by atoms with E-state index in [1.165, 1.54) is 25.0 Å². The van der Waals surface area contributed by atoms with Gasteiger partial charge in [0.15, 0.2) is 0 Å². The number of aryl methyl sites for hydroxylation is 1. The van der Waals surface area contributed by atoms with E-state index in [0.29, 0.717) is 0 Å². The van der Waals surface area contributed by atoms with Gasteiger partial charge in [-0.1, -0.05) is 26.7 Å². The molecule has 0 bridgehead atoms. The lowest BCUT2D eigenvalue weighted by Gasteiger charge is -2.40. The van der Waals surface area contributed by atoms with E-state index in [9.17, 15) is 0 Å². The highest BCUT2D eigenvalue weighted by atomic mass is 32.1. The van der Waals surface area contributed by atoms with E-state index >= 15 is 0 Å². The molecule has 1 heterocycles. The third-order valence-corrected chi connectivity index (χ3v) is 4.73. The lowest BCUT2D eigenvalue weighted by atomic mass is 9.88. The molecule has 0 aliphatic rings. The smallest absolute Gasteiger partial charge is 0.0897 e. The van der Waals surface area contributed by atoms with Crippen LogP contribution in [-0.2, 0) is 6.54 Å². The summed E-state index contributed by atoms with van der Waals surface area (Å²) < 4.78 is 0. The van der Waals surface area contributed by atoms with Gasteiger partial charge in [0.05, 0.1) is 10.7 Å². The molecule has 0 aliphatic carbocycles. The van der Waals surface area contributed by atoms with Crippen LogP contribution in [0.5, 0.6) is 0 Å². The van der Waals surface area contributed by atoms with Gasteiger partial charge in [-0.15, -0.1) is 11.3 Å². The second-order valence-electron chi connectivity index (χ2n) is 5.10. The van der Waals surface area contributed by atoms with Crippen LogP contribution in [0.1, 0.15) is 50.2 Å². The van der Waals surface area contributed by atoms with E-state index in [4.69, 9.17) is 5.73 Å². The van der Waals surface area contributed by atoms with Crippen LogP contribution in [0.15, 0.2) is 5.38 Å². The normalized spacial score (nSPS) is 15.0. The van der Waals surface area contributed by atoms with Gasteiger partial charge in [0.25, 0.3) is 0 Å². The van der Waals surface area contributed by atoms with Crippen molar-refractivity contribution in [2.75, 3.05) is 13.6 Å². The zero-order chi connectivity index (χ0) is 13.6. The summed E-state index contributed by atoms with van der Waals surface area (Å²) >= 11 is 1.72. The summed E-state index contributed by atoms with van der Waals surface area (Å²) in [4.78, 5) is 6.95. The molecule has 0 saturated carbocycles. The Kier molecular flexibility index (Phi) is 6.26. The average molecular weight is 269 g/mol. The number of hydrogen-bond donors (Lipinski definition) is 1. The van der Waals surface area contributed by atoms with Gasteiger partial charge in [0.2, 0.25) is 0 Å². The molecule has 0 saturated heterocycles. The number of nitrogens with zero attached hydrogens (tertiary/aromatic N) is 2. The van der Waals surface area contributed by atoms with Crippen LogP contribution < -0.4 is 5.73 Å². The van der Waals surface area contributed by atoms with E-state index in [0.717, 1.165) is 24.5 Å². The van der Waals surface area contributed by atoms with Gasteiger partial charge in [0.1, 0.15) is 0 Å². The van der Waals surface area contributed by atoms with Gasteiger partial charge in [-0.05, 0) is 26.8 Å². The quantitative estimate of drug-likeness (QED) is 0.788. The maximum atomic E-state index is 6.06. The zero-order valence-electron chi connectivity index (χ0n) is 12.2. The molecule has 104 valence electrons. The zero-order valence-corrected chi connectivity index (χ0v) is 13.0. The number of hydrogen-bond acceptors (Lipinski definition) is 4. The molecular formula is C14H27N3S. The number of thiazole rings is 1. The number of aromatic nitrogens is 1. The maximum Gasteiger partial charge on any atom is 0.0897 e. The summed E-state index contributed by atoms with van der Waals surface area (Å²) in [6.07, 6.45) is 4.75. The highest BCUT2D eigenvalue weighted by Crippen LogP contribution is 2.26. The summed E-state index contributed by atoms with van der Waals surface area (Å²) in [5.74, 6) is 0. The van der Waals surface area contributed by atoms with Gasteiger partial charge < -0.3 is 5.73 Å². The lowest BCUT2D eigenvalue weighted by Crippen LogP contribution is -2.51. The molecule has 0 aromatic carbocycles. The van der Waals surface area contributed by atoms with Crippen molar-refractivity contribution in [2.24, 2.45) is 5.73 Å². The molecular weight excluding hydrogens is 242 g/mol. The van der Waals surface area contributed by atoms with Crippen molar-refractivity contribution in [3.05, 3.63) is 16.1 Å². The summed E-state index contributed by atoms with van der Waals surface area (Å²) in [6, 6.07) is 0. The van der Waals surface area contributed by atoms with Crippen molar-refractivity contribution in [2.45, 2.75) is 58.5 Å². The molecule has 0 aliphatic heterocycles. The van der Waals surface area contributed by atoms with E-state index in [2.05, 4.69) is 43.1 Å². The van der Waals surface area contributed by atoms with Crippen molar-refractivity contribution < 1.29 is 0 Å². The Morgan fingerprint density at radius 1 is 1.44 bits per heavy atom. The summed E-state index contributed by atoms with van der Waals surface area (Å²) in [6.45, 7) is 8.16. The van der Waals surface area contributed by atoms with Crippen LogP contribution in [0.25, 0.3) is 0 Å². The summed E-state index contributed by atoms with van der Waals surface area (Å²) in [5.41, 5.74) is 7.36. The first-order valence-electron chi connectivity index (χ1n) is 6.90. The molecule has 1 rings (SSSR count). The monoisotopic (exact) mass is 269 g/mol. The highest BCUT2D eigenvalue weighted by Gasteiger charge is 2.30. The molecule has 1 aromatic heterocycles. The van der Waals surface area contributed by atoms with Crippen molar-refractivity contribution in [3.8, 4) is 0 Å². The predicted octanol–water partition coefficient (Wildman–Crippen LogP) is 3.18. The molecule has 1 atom stereocenters. The van der Waals surface area contributed by atoms with Gasteiger partial charge in [-0.25, -0.2) is 4.98 Å². The molecule has 1 unspecified atom stereocenters.